The molecule has 1 fully saturated rings. The van der Waals surface area contributed by atoms with Gasteiger partial charge in [0.25, 0.3) is 0 Å². The van der Waals surface area contributed by atoms with Gasteiger partial charge in [-0.25, -0.2) is 9.48 Å². The summed E-state index contributed by atoms with van der Waals surface area (Å²) in [7, 11) is 0. The maximum Gasteiger partial charge on any atom is 0.317 e. The van der Waals surface area contributed by atoms with Gasteiger partial charge in [-0.1, -0.05) is 25.1 Å². The van der Waals surface area contributed by atoms with Crippen LogP contribution in [0.5, 0.6) is 0 Å². The van der Waals surface area contributed by atoms with Crippen LogP contribution in [0.1, 0.15) is 30.3 Å². The highest BCUT2D eigenvalue weighted by Crippen LogP contribution is 2.22. The molecule has 1 aromatic heterocycles. The number of aliphatic carboxylic acids is 1. The molecular formula is C20H26N4O3. The molecule has 2 N–H and O–H groups in total. The number of piperidine rings is 1. The van der Waals surface area contributed by atoms with Crippen molar-refractivity contribution < 1.29 is 14.7 Å². The molecule has 0 aliphatic carbocycles. The molecule has 27 heavy (non-hydrogen) atoms. The highest BCUT2D eigenvalue weighted by Gasteiger charge is 2.31. The number of para-hydroxylation sites is 1. The lowest BCUT2D eigenvalue weighted by molar-refractivity contribution is -0.143. The number of hydrogen-bond donors (Lipinski definition) is 2. The number of likely N-dealkylation sites (tertiary alicyclic amines) is 1. The van der Waals surface area contributed by atoms with Gasteiger partial charge in [0.15, 0.2) is 0 Å². The normalized spacial score (nSPS) is 19.7. The van der Waals surface area contributed by atoms with Crippen LogP contribution in [0, 0.1) is 25.7 Å². The van der Waals surface area contributed by atoms with E-state index < -0.39 is 11.9 Å². The number of aryl methyl sites for hydroxylation is 2. The maximum atomic E-state index is 12.6. The number of aromatic nitrogens is 2. The molecule has 2 atom stereocenters. The number of urea groups is 1. The third-order valence-electron chi connectivity index (χ3n) is 4.96. The monoisotopic (exact) mass is 370 g/mol. The number of carboxylic acid groups (broad SMARTS) is 1. The van der Waals surface area contributed by atoms with Crippen LogP contribution < -0.4 is 5.32 Å². The van der Waals surface area contributed by atoms with Crippen molar-refractivity contribution >= 4 is 12.0 Å². The molecule has 0 spiro atoms. The lowest BCUT2D eigenvalue weighted by atomic mass is 9.91. The Morgan fingerprint density at radius 2 is 2.00 bits per heavy atom. The van der Waals surface area contributed by atoms with Crippen LogP contribution in [0.3, 0.4) is 0 Å². The van der Waals surface area contributed by atoms with Crippen molar-refractivity contribution in [1.82, 2.24) is 20.0 Å². The summed E-state index contributed by atoms with van der Waals surface area (Å²) in [4.78, 5) is 25.5. The number of carboxylic acids is 1. The van der Waals surface area contributed by atoms with Crippen LogP contribution in [0.15, 0.2) is 30.3 Å². The van der Waals surface area contributed by atoms with E-state index in [1.807, 2.05) is 55.8 Å². The third-order valence-corrected chi connectivity index (χ3v) is 4.96. The van der Waals surface area contributed by atoms with E-state index in [4.69, 9.17) is 0 Å². The summed E-state index contributed by atoms with van der Waals surface area (Å²) in [5.74, 6) is -1.16. The number of nitrogens with zero attached hydrogens (tertiary/aromatic N) is 3. The van der Waals surface area contributed by atoms with Gasteiger partial charge in [-0.3, -0.25) is 4.79 Å². The quantitative estimate of drug-likeness (QED) is 0.866. The predicted octanol–water partition coefficient (Wildman–Crippen LogP) is 2.74. The molecule has 2 amide bonds. The summed E-state index contributed by atoms with van der Waals surface area (Å²) in [6.45, 7) is 7.11. The molecule has 144 valence electrons. The fourth-order valence-corrected chi connectivity index (χ4v) is 3.72. The first-order valence-corrected chi connectivity index (χ1v) is 9.22. The minimum atomic E-state index is -0.839. The standard InChI is InChI=1S/C20H26N4O3/c1-13-8-17(19(25)26)12-23(11-13)20(27)21-10-16-6-4-5-7-18(16)24-15(3)9-14(2)22-24/h4-7,9,13,17H,8,10-12H2,1-3H3,(H,21,27)(H,25,26). The number of amides is 2. The van der Waals surface area contributed by atoms with Gasteiger partial charge in [-0.2, -0.15) is 5.10 Å². The van der Waals surface area contributed by atoms with E-state index in [0.29, 0.717) is 19.5 Å². The van der Waals surface area contributed by atoms with Crippen molar-refractivity contribution in [2.75, 3.05) is 13.1 Å². The average Bonchev–Trinajstić information content (AvgIpc) is 2.97. The van der Waals surface area contributed by atoms with Crippen molar-refractivity contribution in [2.24, 2.45) is 11.8 Å². The molecule has 1 saturated heterocycles. The van der Waals surface area contributed by atoms with Crippen molar-refractivity contribution in [2.45, 2.75) is 33.7 Å². The van der Waals surface area contributed by atoms with Crippen LogP contribution in [0.25, 0.3) is 5.69 Å². The Hall–Kier alpha value is -2.83. The molecule has 2 unspecified atom stereocenters. The number of carbonyl (C=O) groups is 2. The van der Waals surface area contributed by atoms with E-state index >= 15 is 0 Å². The predicted molar refractivity (Wildman–Crippen MR) is 102 cm³/mol. The lowest BCUT2D eigenvalue weighted by Gasteiger charge is -2.34. The highest BCUT2D eigenvalue weighted by atomic mass is 16.4. The smallest absolute Gasteiger partial charge is 0.317 e. The molecule has 2 aromatic rings. The van der Waals surface area contributed by atoms with Gasteiger partial charge >= 0.3 is 12.0 Å². The first-order chi connectivity index (χ1) is 12.8. The molecular weight excluding hydrogens is 344 g/mol. The van der Waals surface area contributed by atoms with E-state index in [-0.39, 0.29) is 18.5 Å². The summed E-state index contributed by atoms with van der Waals surface area (Å²) in [6.07, 6.45) is 0.611. The highest BCUT2D eigenvalue weighted by molar-refractivity contribution is 5.76. The molecule has 1 aliphatic heterocycles. The molecule has 0 bridgehead atoms. The third kappa shape index (κ3) is 4.30. The van der Waals surface area contributed by atoms with Crippen LogP contribution >= 0.6 is 0 Å². The van der Waals surface area contributed by atoms with Crippen molar-refractivity contribution in [1.29, 1.82) is 0 Å². The Morgan fingerprint density at radius 3 is 2.67 bits per heavy atom. The number of nitrogens with one attached hydrogen (secondary N) is 1. The summed E-state index contributed by atoms with van der Waals surface area (Å²) in [5, 5.41) is 16.7. The number of hydrogen-bond acceptors (Lipinski definition) is 3. The first kappa shape index (κ1) is 18.9. The maximum absolute atomic E-state index is 12.6. The number of rotatable bonds is 4. The minimum Gasteiger partial charge on any atom is -0.481 e. The van der Waals surface area contributed by atoms with Gasteiger partial charge in [0.1, 0.15) is 0 Å². The summed E-state index contributed by atoms with van der Waals surface area (Å²) in [6, 6.07) is 9.60. The average molecular weight is 370 g/mol. The van der Waals surface area contributed by atoms with E-state index in [0.717, 1.165) is 22.6 Å². The van der Waals surface area contributed by atoms with E-state index in [2.05, 4.69) is 10.4 Å². The Labute approximate surface area is 159 Å². The van der Waals surface area contributed by atoms with Crippen LogP contribution in [0.2, 0.25) is 0 Å². The van der Waals surface area contributed by atoms with Gasteiger partial charge in [0.05, 0.1) is 17.3 Å². The van der Waals surface area contributed by atoms with Crippen LogP contribution in [-0.4, -0.2) is 44.9 Å². The fraction of sp³-hybridized carbons (Fsp3) is 0.450. The molecule has 0 radical (unpaired) electrons. The van der Waals surface area contributed by atoms with Crippen LogP contribution in [0.4, 0.5) is 4.79 Å². The Morgan fingerprint density at radius 1 is 1.26 bits per heavy atom. The lowest BCUT2D eigenvalue weighted by Crippen LogP contribution is -2.49. The van der Waals surface area contributed by atoms with Gasteiger partial charge in [0, 0.05) is 25.3 Å². The molecule has 0 saturated carbocycles. The molecule has 7 nitrogen and oxygen atoms in total. The Bertz CT molecular complexity index is 846. The zero-order valence-electron chi connectivity index (χ0n) is 16.0. The van der Waals surface area contributed by atoms with E-state index in [1.54, 1.807) is 4.90 Å². The van der Waals surface area contributed by atoms with Crippen molar-refractivity contribution in [3.8, 4) is 5.69 Å². The molecule has 2 heterocycles. The van der Waals surface area contributed by atoms with Crippen molar-refractivity contribution in [3.05, 3.63) is 47.3 Å². The second-order valence-electron chi connectivity index (χ2n) is 7.41. The van der Waals surface area contributed by atoms with Crippen molar-refractivity contribution in [3.63, 3.8) is 0 Å². The van der Waals surface area contributed by atoms with E-state index in [9.17, 15) is 14.7 Å². The van der Waals surface area contributed by atoms with Gasteiger partial charge in [-0.05, 0) is 43.9 Å². The zero-order valence-corrected chi connectivity index (χ0v) is 16.0. The topological polar surface area (TPSA) is 87.5 Å². The number of carbonyl (C=O) groups excluding carboxylic acids is 1. The van der Waals surface area contributed by atoms with Crippen LogP contribution in [-0.2, 0) is 11.3 Å². The fourth-order valence-electron chi connectivity index (χ4n) is 3.72. The van der Waals surface area contributed by atoms with Gasteiger partial charge in [-0.15, -0.1) is 0 Å². The second-order valence-corrected chi connectivity index (χ2v) is 7.41. The first-order valence-electron chi connectivity index (χ1n) is 9.22. The SMILES string of the molecule is Cc1cc(C)n(-c2ccccc2CNC(=O)N2CC(C)CC(C(=O)O)C2)n1. The van der Waals surface area contributed by atoms with E-state index in [1.165, 1.54) is 0 Å². The molecule has 7 heteroatoms. The second kappa shape index (κ2) is 7.82. The zero-order chi connectivity index (χ0) is 19.6. The molecule has 1 aromatic carbocycles. The van der Waals surface area contributed by atoms with Gasteiger partial charge in [0.2, 0.25) is 0 Å². The number of benzene rings is 1. The summed E-state index contributed by atoms with van der Waals surface area (Å²) < 4.78 is 1.88. The molecule has 1 aliphatic rings. The van der Waals surface area contributed by atoms with Gasteiger partial charge < -0.3 is 15.3 Å². The summed E-state index contributed by atoms with van der Waals surface area (Å²) >= 11 is 0. The minimum absolute atomic E-state index is 0.174. The molecule has 3 rings (SSSR count). The Kier molecular flexibility index (Phi) is 5.48. The summed E-state index contributed by atoms with van der Waals surface area (Å²) in [5.41, 5.74) is 3.85. The largest absolute Gasteiger partial charge is 0.481 e. The Balaban J connectivity index is 1.71.